The number of rotatable bonds is 8. The maximum absolute atomic E-state index is 6.12. The van der Waals surface area contributed by atoms with Crippen LogP contribution in [0.3, 0.4) is 0 Å². The monoisotopic (exact) mass is 330 g/mol. The molecule has 0 saturated carbocycles. The fourth-order valence-corrected chi connectivity index (χ4v) is 10.3. The van der Waals surface area contributed by atoms with E-state index in [4.69, 9.17) is 13.3 Å². The van der Waals surface area contributed by atoms with Gasteiger partial charge in [-0.05, 0) is 38.8 Å². The molecule has 0 aromatic rings. The van der Waals surface area contributed by atoms with Gasteiger partial charge in [0.2, 0.25) is 0 Å². The third kappa shape index (κ3) is 4.91. The normalized spacial score (nSPS) is 13.0. The Morgan fingerprint density at radius 1 is 0.952 bits per heavy atom. The summed E-state index contributed by atoms with van der Waals surface area (Å²) in [5.41, 5.74) is 3.46. The fourth-order valence-electron chi connectivity index (χ4n) is 2.08. The second-order valence-corrected chi connectivity index (χ2v) is 14.8. The highest BCUT2D eigenvalue weighted by Gasteiger charge is 2.55. The summed E-state index contributed by atoms with van der Waals surface area (Å²) in [6, 6.07) is 0. The van der Waals surface area contributed by atoms with Gasteiger partial charge in [-0.2, -0.15) is 0 Å². The van der Waals surface area contributed by atoms with Gasteiger partial charge in [-0.15, -0.1) is 5.73 Å². The smallest absolute Gasteiger partial charge is 0.370 e. The van der Waals surface area contributed by atoms with Gasteiger partial charge in [0.1, 0.15) is 0 Å². The Labute approximate surface area is 133 Å². The van der Waals surface area contributed by atoms with Crippen molar-refractivity contribution in [2.24, 2.45) is 0 Å². The first-order valence-electron chi connectivity index (χ1n) is 7.97. The number of allylic oxidation sites excluding steroid dienone is 1. The molecule has 21 heavy (non-hydrogen) atoms. The Bertz CT molecular complexity index is 360. The van der Waals surface area contributed by atoms with Gasteiger partial charge in [0.05, 0.1) is 8.07 Å². The molecule has 0 aromatic heterocycles. The van der Waals surface area contributed by atoms with Crippen molar-refractivity contribution in [2.45, 2.75) is 66.6 Å². The van der Waals surface area contributed by atoms with Crippen LogP contribution in [0.2, 0.25) is 18.1 Å². The van der Waals surface area contributed by atoms with Gasteiger partial charge in [-0.3, -0.25) is 0 Å². The first kappa shape index (κ1) is 20.8. The summed E-state index contributed by atoms with van der Waals surface area (Å²) in [4.78, 5) is 1.18. The second-order valence-electron chi connectivity index (χ2n) is 6.54. The van der Waals surface area contributed by atoms with Crippen molar-refractivity contribution in [3.05, 3.63) is 16.6 Å². The van der Waals surface area contributed by atoms with Gasteiger partial charge in [-0.25, -0.2) is 0 Å². The summed E-state index contributed by atoms with van der Waals surface area (Å²) in [5, 5.41) is 0.182. The molecule has 0 aromatic carbocycles. The van der Waals surface area contributed by atoms with Crippen molar-refractivity contribution in [2.75, 3.05) is 19.8 Å². The van der Waals surface area contributed by atoms with E-state index in [0.29, 0.717) is 19.8 Å². The van der Waals surface area contributed by atoms with E-state index in [9.17, 15) is 0 Å². The summed E-state index contributed by atoms with van der Waals surface area (Å²) < 4.78 is 18.3. The highest BCUT2D eigenvalue weighted by atomic mass is 28.4. The molecule has 0 heterocycles. The zero-order valence-electron chi connectivity index (χ0n) is 15.4. The molecule has 0 aliphatic carbocycles. The average Bonchev–Trinajstić information content (AvgIpc) is 2.35. The first-order valence-corrected chi connectivity index (χ1v) is 12.7. The molecule has 0 aliphatic rings. The van der Waals surface area contributed by atoms with Crippen LogP contribution >= 0.6 is 0 Å². The SMILES string of the molecule is CC=C=C([Si](OCC)(OCC)OCC)[Si](C)(C)C(C)(C)C. The lowest BCUT2D eigenvalue weighted by molar-refractivity contribution is 0.0824. The van der Waals surface area contributed by atoms with Crippen molar-refractivity contribution in [1.82, 2.24) is 0 Å². The lowest BCUT2D eigenvalue weighted by atomic mass is 10.2. The molecule has 0 radical (unpaired) electrons. The average molecular weight is 331 g/mol. The van der Waals surface area contributed by atoms with Crippen LogP contribution in [0.1, 0.15) is 48.5 Å². The van der Waals surface area contributed by atoms with Crippen LogP contribution in [0.15, 0.2) is 16.6 Å². The molecule has 0 bridgehead atoms. The Morgan fingerprint density at radius 2 is 1.33 bits per heavy atom. The van der Waals surface area contributed by atoms with E-state index in [1.807, 2.05) is 33.8 Å². The second kappa shape index (κ2) is 8.46. The maximum atomic E-state index is 6.12. The molecule has 0 saturated heterocycles. The van der Waals surface area contributed by atoms with Gasteiger partial charge in [0, 0.05) is 24.6 Å². The predicted molar refractivity (Wildman–Crippen MR) is 95.1 cm³/mol. The summed E-state index contributed by atoms with van der Waals surface area (Å²) in [6.07, 6.45) is 1.97. The van der Waals surface area contributed by atoms with Crippen LogP contribution in [0.5, 0.6) is 0 Å². The highest BCUT2D eigenvalue weighted by molar-refractivity contribution is 7.01. The quantitative estimate of drug-likeness (QED) is 0.476. The van der Waals surface area contributed by atoms with E-state index in [0.717, 1.165) is 0 Å². The first-order chi connectivity index (χ1) is 9.62. The molecule has 5 heteroatoms. The zero-order chi connectivity index (χ0) is 16.7. The Balaban J connectivity index is 6.15. The Hall–Kier alpha value is -0.166. The Kier molecular flexibility index (Phi) is 8.40. The maximum Gasteiger partial charge on any atom is 0.536 e. The minimum atomic E-state index is -2.86. The van der Waals surface area contributed by atoms with E-state index in [1.54, 1.807) is 0 Å². The third-order valence-electron chi connectivity index (χ3n) is 4.10. The van der Waals surface area contributed by atoms with Gasteiger partial charge in [0.25, 0.3) is 0 Å². The van der Waals surface area contributed by atoms with Crippen LogP contribution in [0.25, 0.3) is 0 Å². The fraction of sp³-hybridized carbons (Fsp3) is 0.812. The topological polar surface area (TPSA) is 27.7 Å². The van der Waals surface area contributed by atoms with Crippen LogP contribution in [0, 0.1) is 0 Å². The summed E-state index contributed by atoms with van der Waals surface area (Å²) >= 11 is 0. The van der Waals surface area contributed by atoms with Gasteiger partial charge in [0.15, 0.2) is 0 Å². The molecule has 124 valence electrons. The summed E-state index contributed by atoms with van der Waals surface area (Å²) in [5.74, 6) is 0. The van der Waals surface area contributed by atoms with E-state index in [-0.39, 0.29) is 5.04 Å². The van der Waals surface area contributed by atoms with E-state index >= 15 is 0 Å². The molecule has 0 rings (SSSR count). The van der Waals surface area contributed by atoms with Gasteiger partial charge in [-0.1, -0.05) is 33.9 Å². The molecular formula is C16H34O3Si2. The molecule has 3 nitrogen and oxygen atoms in total. The van der Waals surface area contributed by atoms with Crippen LogP contribution in [-0.4, -0.2) is 36.7 Å². The molecular weight excluding hydrogens is 296 g/mol. The van der Waals surface area contributed by atoms with E-state index in [2.05, 4.69) is 39.6 Å². The molecule has 0 spiro atoms. The lowest BCUT2D eigenvalue weighted by Gasteiger charge is -2.43. The van der Waals surface area contributed by atoms with Crippen molar-refractivity contribution in [1.29, 1.82) is 0 Å². The van der Waals surface area contributed by atoms with Crippen molar-refractivity contribution in [3.8, 4) is 0 Å². The predicted octanol–water partition coefficient (Wildman–Crippen LogP) is 4.72. The van der Waals surface area contributed by atoms with Crippen LogP contribution in [-0.2, 0) is 13.3 Å². The minimum Gasteiger partial charge on any atom is -0.370 e. The van der Waals surface area contributed by atoms with Gasteiger partial charge >= 0.3 is 8.80 Å². The van der Waals surface area contributed by atoms with E-state index in [1.165, 1.54) is 4.82 Å². The molecule has 0 atom stereocenters. The zero-order valence-corrected chi connectivity index (χ0v) is 17.4. The largest absolute Gasteiger partial charge is 0.536 e. The Morgan fingerprint density at radius 3 is 1.57 bits per heavy atom. The third-order valence-corrected chi connectivity index (χ3v) is 14.8. The van der Waals surface area contributed by atoms with Gasteiger partial charge < -0.3 is 13.3 Å². The van der Waals surface area contributed by atoms with Crippen LogP contribution < -0.4 is 0 Å². The van der Waals surface area contributed by atoms with Crippen molar-refractivity contribution in [3.63, 3.8) is 0 Å². The molecule has 0 amide bonds. The molecule has 0 N–H and O–H groups in total. The summed E-state index contributed by atoms with van der Waals surface area (Å²) in [6.45, 7) is 21.4. The standard InChI is InChI=1S/C16H34O3Si2/c1-10-14-15(20(8,9)16(5,6)7)21(17-11-2,18-12-3)19-13-4/h10H,11-13H2,1-9H3. The molecule has 0 fully saturated rings. The molecule has 0 aliphatic heterocycles. The number of hydrogen-bond donors (Lipinski definition) is 0. The van der Waals surface area contributed by atoms with Crippen molar-refractivity contribution >= 4 is 16.9 Å². The summed E-state index contributed by atoms with van der Waals surface area (Å²) in [7, 11) is -4.70. The van der Waals surface area contributed by atoms with Crippen molar-refractivity contribution < 1.29 is 13.3 Å². The lowest BCUT2D eigenvalue weighted by Crippen LogP contribution is -2.58. The minimum absolute atomic E-state index is 0.182. The highest BCUT2D eigenvalue weighted by Crippen LogP contribution is 2.44. The van der Waals surface area contributed by atoms with Crippen LogP contribution in [0.4, 0.5) is 0 Å². The van der Waals surface area contributed by atoms with E-state index < -0.39 is 16.9 Å². The number of hydrogen-bond acceptors (Lipinski definition) is 3. The molecule has 0 unspecified atom stereocenters.